The predicted molar refractivity (Wildman–Crippen MR) is 91.9 cm³/mol. The number of carbonyl (C=O) groups excluding carboxylic acids is 1. The summed E-state index contributed by atoms with van der Waals surface area (Å²) in [5.41, 5.74) is 3.33. The van der Waals surface area contributed by atoms with Gasteiger partial charge in [0.05, 0.1) is 18.6 Å². The summed E-state index contributed by atoms with van der Waals surface area (Å²) in [6, 6.07) is 11.7. The molecule has 0 unspecified atom stereocenters. The van der Waals surface area contributed by atoms with Crippen molar-refractivity contribution in [1.29, 1.82) is 0 Å². The molecule has 0 aliphatic carbocycles. The van der Waals surface area contributed by atoms with Gasteiger partial charge in [-0.2, -0.15) is 0 Å². The predicted octanol–water partition coefficient (Wildman–Crippen LogP) is 4.79. The molecule has 118 valence electrons. The van der Waals surface area contributed by atoms with E-state index in [1.54, 1.807) is 35.2 Å². The minimum Gasteiger partial charge on any atom is -0.463 e. The van der Waals surface area contributed by atoms with Gasteiger partial charge < -0.3 is 9.15 Å². The topological polar surface area (TPSA) is 52.3 Å². The van der Waals surface area contributed by atoms with E-state index in [2.05, 4.69) is 46.3 Å². The maximum absolute atomic E-state index is 11.4. The van der Waals surface area contributed by atoms with Gasteiger partial charge >= 0.3 is 5.97 Å². The maximum atomic E-state index is 11.4. The van der Waals surface area contributed by atoms with Crippen molar-refractivity contribution in [3.8, 4) is 11.3 Å². The Morgan fingerprint density at radius 1 is 1.26 bits per heavy atom. The molecule has 3 rings (SSSR count). The van der Waals surface area contributed by atoms with Gasteiger partial charge in [0.15, 0.2) is 4.34 Å². The highest BCUT2D eigenvalue weighted by Gasteiger charge is 2.12. The molecule has 0 bridgehead atoms. The van der Waals surface area contributed by atoms with Crippen molar-refractivity contribution >= 4 is 29.1 Å². The molecule has 0 saturated heterocycles. The highest BCUT2D eigenvalue weighted by atomic mass is 32.2. The SMILES string of the molecule is COC(=O)c1ccc(CSc2nc(-c3ccc(C)cc3)cs2)o1. The molecular weight excluding hydrogens is 330 g/mol. The van der Waals surface area contributed by atoms with Crippen LogP contribution in [0.25, 0.3) is 11.3 Å². The fourth-order valence-corrected chi connectivity index (χ4v) is 3.71. The molecule has 0 fully saturated rings. The first-order chi connectivity index (χ1) is 11.2. The maximum Gasteiger partial charge on any atom is 0.373 e. The van der Waals surface area contributed by atoms with Crippen LogP contribution in [0.2, 0.25) is 0 Å². The molecule has 2 aromatic heterocycles. The van der Waals surface area contributed by atoms with Crippen LogP contribution in [0.5, 0.6) is 0 Å². The summed E-state index contributed by atoms with van der Waals surface area (Å²) in [5, 5.41) is 2.05. The normalized spacial score (nSPS) is 10.7. The summed E-state index contributed by atoms with van der Waals surface area (Å²) in [5.74, 6) is 1.11. The number of thioether (sulfide) groups is 1. The number of methoxy groups -OCH3 is 1. The number of hydrogen-bond donors (Lipinski definition) is 0. The van der Waals surface area contributed by atoms with Crippen molar-refractivity contribution in [1.82, 2.24) is 4.98 Å². The summed E-state index contributed by atoms with van der Waals surface area (Å²) in [6.45, 7) is 2.07. The second kappa shape index (κ2) is 7.02. The van der Waals surface area contributed by atoms with E-state index in [-0.39, 0.29) is 5.76 Å². The number of benzene rings is 1. The van der Waals surface area contributed by atoms with Gasteiger partial charge in [-0.05, 0) is 19.1 Å². The van der Waals surface area contributed by atoms with Gasteiger partial charge in [-0.15, -0.1) is 11.3 Å². The van der Waals surface area contributed by atoms with Crippen LogP contribution < -0.4 is 0 Å². The highest BCUT2D eigenvalue weighted by molar-refractivity contribution is 8.00. The summed E-state index contributed by atoms with van der Waals surface area (Å²) < 4.78 is 11.0. The molecule has 2 heterocycles. The van der Waals surface area contributed by atoms with E-state index in [1.165, 1.54) is 12.7 Å². The molecule has 0 amide bonds. The van der Waals surface area contributed by atoms with Crippen molar-refractivity contribution in [3.63, 3.8) is 0 Å². The largest absolute Gasteiger partial charge is 0.463 e. The smallest absolute Gasteiger partial charge is 0.373 e. The standard InChI is InChI=1S/C17H15NO3S2/c1-11-3-5-12(6-4-11)14-10-23-17(18-14)22-9-13-7-8-15(21-13)16(19)20-2/h3-8,10H,9H2,1-2H3. The lowest BCUT2D eigenvalue weighted by molar-refractivity contribution is 0.0563. The Hall–Kier alpha value is -2.05. The molecular formula is C17H15NO3S2. The van der Waals surface area contributed by atoms with Crippen molar-refractivity contribution < 1.29 is 13.9 Å². The summed E-state index contributed by atoms with van der Waals surface area (Å²) in [4.78, 5) is 16.0. The fraction of sp³-hybridized carbons (Fsp3) is 0.176. The number of aryl methyl sites for hydroxylation is 1. The molecule has 4 nitrogen and oxygen atoms in total. The second-order valence-electron chi connectivity index (χ2n) is 4.91. The number of nitrogens with zero attached hydrogens (tertiary/aromatic N) is 1. The van der Waals surface area contributed by atoms with Gasteiger partial charge in [0.25, 0.3) is 0 Å². The van der Waals surface area contributed by atoms with Crippen LogP contribution >= 0.6 is 23.1 Å². The van der Waals surface area contributed by atoms with Gasteiger partial charge in [-0.3, -0.25) is 0 Å². The van der Waals surface area contributed by atoms with E-state index in [4.69, 9.17) is 4.42 Å². The van der Waals surface area contributed by atoms with Gasteiger partial charge in [-0.25, -0.2) is 9.78 Å². The molecule has 1 aromatic carbocycles. The number of carbonyl (C=O) groups is 1. The van der Waals surface area contributed by atoms with Crippen molar-refractivity contribution in [2.75, 3.05) is 7.11 Å². The number of hydrogen-bond acceptors (Lipinski definition) is 6. The Morgan fingerprint density at radius 3 is 2.78 bits per heavy atom. The molecule has 0 spiro atoms. The van der Waals surface area contributed by atoms with E-state index >= 15 is 0 Å². The molecule has 0 aliphatic heterocycles. The molecule has 3 aromatic rings. The van der Waals surface area contributed by atoms with Gasteiger partial charge in [0.1, 0.15) is 5.76 Å². The molecule has 0 aliphatic rings. The summed E-state index contributed by atoms with van der Waals surface area (Å²) in [7, 11) is 1.33. The molecule has 0 radical (unpaired) electrons. The quantitative estimate of drug-likeness (QED) is 0.491. The summed E-state index contributed by atoms with van der Waals surface area (Å²) in [6.07, 6.45) is 0. The Morgan fingerprint density at radius 2 is 2.04 bits per heavy atom. The zero-order valence-electron chi connectivity index (χ0n) is 12.7. The monoisotopic (exact) mass is 345 g/mol. The first kappa shape index (κ1) is 15.8. The zero-order valence-corrected chi connectivity index (χ0v) is 14.4. The first-order valence-electron chi connectivity index (χ1n) is 6.98. The Bertz CT molecular complexity index is 805. The average Bonchev–Trinajstić information content (AvgIpc) is 3.22. The van der Waals surface area contributed by atoms with Crippen molar-refractivity contribution in [2.24, 2.45) is 0 Å². The highest BCUT2D eigenvalue weighted by Crippen LogP contribution is 2.30. The van der Waals surface area contributed by atoms with Crippen LogP contribution in [-0.4, -0.2) is 18.1 Å². The fourth-order valence-electron chi connectivity index (χ4n) is 1.98. The lowest BCUT2D eigenvalue weighted by Gasteiger charge is -1.97. The van der Waals surface area contributed by atoms with E-state index in [1.807, 2.05) is 0 Å². The van der Waals surface area contributed by atoms with Crippen LogP contribution in [0.3, 0.4) is 0 Å². The van der Waals surface area contributed by atoms with E-state index < -0.39 is 5.97 Å². The third-order valence-corrected chi connectivity index (χ3v) is 5.26. The number of rotatable bonds is 5. The molecule has 6 heteroatoms. The molecule has 0 N–H and O–H groups in total. The molecule has 0 saturated carbocycles. The van der Waals surface area contributed by atoms with Crippen molar-refractivity contribution in [2.45, 2.75) is 17.0 Å². The van der Waals surface area contributed by atoms with Gasteiger partial charge in [-0.1, -0.05) is 41.6 Å². The minimum absolute atomic E-state index is 0.225. The Kier molecular flexibility index (Phi) is 4.83. The van der Waals surface area contributed by atoms with Crippen LogP contribution in [0.1, 0.15) is 21.9 Å². The number of ether oxygens (including phenoxy) is 1. The lowest BCUT2D eigenvalue weighted by Crippen LogP contribution is -1.98. The van der Waals surface area contributed by atoms with E-state index in [9.17, 15) is 4.79 Å². The third kappa shape index (κ3) is 3.83. The Labute approximate surface area is 142 Å². The van der Waals surface area contributed by atoms with Crippen LogP contribution in [0.4, 0.5) is 0 Å². The van der Waals surface area contributed by atoms with Gasteiger partial charge in [0, 0.05) is 10.9 Å². The zero-order chi connectivity index (χ0) is 16.2. The van der Waals surface area contributed by atoms with Crippen LogP contribution in [0, 0.1) is 6.92 Å². The van der Waals surface area contributed by atoms with Crippen molar-refractivity contribution in [3.05, 3.63) is 58.9 Å². The average molecular weight is 345 g/mol. The van der Waals surface area contributed by atoms with Crippen LogP contribution in [0.15, 0.2) is 50.5 Å². The second-order valence-corrected chi connectivity index (χ2v) is 6.99. The first-order valence-corrected chi connectivity index (χ1v) is 8.84. The number of thiazole rings is 1. The number of furan rings is 1. The minimum atomic E-state index is -0.461. The molecule has 0 atom stereocenters. The molecule has 23 heavy (non-hydrogen) atoms. The third-order valence-electron chi connectivity index (χ3n) is 3.22. The van der Waals surface area contributed by atoms with E-state index in [0.717, 1.165) is 21.4 Å². The van der Waals surface area contributed by atoms with E-state index in [0.29, 0.717) is 5.75 Å². The summed E-state index contributed by atoms with van der Waals surface area (Å²) >= 11 is 3.19. The van der Waals surface area contributed by atoms with Crippen LogP contribution in [-0.2, 0) is 10.5 Å². The Balaban J connectivity index is 1.64. The number of esters is 1. The van der Waals surface area contributed by atoms with Gasteiger partial charge in [0.2, 0.25) is 5.76 Å². The lowest BCUT2D eigenvalue weighted by atomic mass is 10.1. The number of aromatic nitrogens is 1.